The van der Waals surface area contributed by atoms with Gasteiger partial charge in [0, 0.05) is 36.6 Å². The van der Waals surface area contributed by atoms with Gasteiger partial charge in [-0.25, -0.2) is 0 Å². The number of carbonyl (C=O) groups excluding carboxylic acids is 2. The van der Waals surface area contributed by atoms with Crippen LogP contribution in [0.4, 0.5) is 0 Å². The van der Waals surface area contributed by atoms with Gasteiger partial charge >= 0.3 is 0 Å². The maximum atomic E-state index is 12.9. The van der Waals surface area contributed by atoms with Gasteiger partial charge in [-0.3, -0.25) is 9.59 Å². The van der Waals surface area contributed by atoms with E-state index in [2.05, 4.69) is 19.1 Å². The van der Waals surface area contributed by atoms with Crippen LogP contribution in [-0.4, -0.2) is 53.0 Å². The van der Waals surface area contributed by atoms with E-state index in [-0.39, 0.29) is 17.1 Å². The highest BCUT2D eigenvalue weighted by molar-refractivity contribution is 8.01. The van der Waals surface area contributed by atoms with E-state index in [4.69, 9.17) is 0 Å². The third-order valence-corrected chi connectivity index (χ3v) is 6.72. The molecule has 5 heteroatoms. The maximum absolute atomic E-state index is 12.9. The second-order valence-electron chi connectivity index (χ2n) is 7.09. The van der Waals surface area contributed by atoms with E-state index in [0.29, 0.717) is 26.2 Å². The van der Waals surface area contributed by atoms with Gasteiger partial charge in [0.1, 0.15) is 0 Å². The molecule has 0 N–H and O–H groups in total. The Balaban J connectivity index is 1.33. The first-order valence-electron chi connectivity index (χ1n) is 9.57. The Kier molecular flexibility index (Phi) is 5.21. The lowest BCUT2D eigenvalue weighted by atomic mass is 10.1. The summed E-state index contributed by atoms with van der Waals surface area (Å²) in [4.78, 5) is 30.6. The average Bonchev–Trinajstić information content (AvgIpc) is 3.17. The molecule has 1 fully saturated rings. The molecule has 2 amide bonds. The standard InChI is InChI=1S/C22H24N2O2S/c1-2-16-7-9-17(10-8-16)21(25)23-11-13-24(14-12-23)22(26)20-15-18-5-3-4-6-19(18)27-20/h3-10,20H,2,11-15H2,1H3. The molecule has 2 aromatic carbocycles. The van der Waals surface area contributed by atoms with Crippen molar-refractivity contribution in [1.29, 1.82) is 0 Å². The number of benzene rings is 2. The van der Waals surface area contributed by atoms with E-state index in [0.717, 1.165) is 18.4 Å². The lowest BCUT2D eigenvalue weighted by Crippen LogP contribution is -2.52. The molecule has 1 saturated heterocycles. The molecule has 2 aliphatic rings. The van der Waals surface area contributed by atoms with Crippen molar-refractivity contribution in [2.75, 3.05) is 26.2 Å². The quantitative estimate of drug-likeness (QED) is 0.821. The summed E-state index contributed by atoms with van der Waals surface area (Å²) in [7, 11) is 0. The summed E-state index contributed by atoms with van der Waals surface area (Å²) in [6.45, 7) is 4.54. The third-order valence-electron chi connectivity index (χ3n) is 5.41. The van der Waals surface area contributed by atoms with Gasteiger partial charge in [0.25, 0.3) is 5.91 Å². The Morgan fingerprint density at radius 1 is 0.963 bits per heavy atom. The second-order valence-corrected chi connectivity index (χ2v) is 8.33. The number of nitrogens with zero attached hydrogens (tertiary/aromatic N) is 2. The molecule has 27 heavy (non-hydrogen) atoms. The van der Waals surface area contributed by atoms with Crippen molar-refractivity contribution in [3.05, 3.63) is 65.2 Å². The van der Waals surface area contributed by atoms with Crippen molar-refractivity contribution in [1.82, 2.24) is 9.80 Å². The molecule has 2 aromatic rings. The summed E-state index contributed by atoms with van der Waals surface area (Å²) in [6.07, 6.45) is 1.78. The van der Waals surface area contributed by atoms with E-state index < -0.39 is 0 Å². The molecule has 1 unspecified atom stereocenters. The van der Waals surface area contributed by atoms with Gasteiger partial charge in [-0.2, -0.15) is 0 Å². The lowest BCUT2D eigenvalue weighted by molar-refractivity contribution is -0.132. The fraction of sp³-hybridized carbons (Fsp3) is 0.364. The molecule has 0 saturated carbocycles. The lowest BCUT2D eigenvalue weighted by Gasteiger charge is -2.35. The van der Waals surface area contributed by atoms with Crippen molar-refractivity contribution in [2.24, 2.45) is 0 Å². The largest absolute Gasteiger partial charge is 0.338 e. The number of amides is 2. The van der Waals surface area contributed by atoms with Gasteiger partial charge in [0.2, 0.25) is 5.91 Å². The number of rotatable bonds is 3. The SMILES string of the molecule is CCc1ccc(C(=O)N2CCN(C(=O)C3Cc4ccccc4S3)CC2)cc1. The zero-order valence-electron chi connectivity index (χ0n) is 15.6. The van der Waals surface area contributed by atoms with Crippen molar-refractivity contribution < 1.29 is 9.59 Å². The minimum Gasteiger partial charge on any atom is -0.338 e. The molecule has 0 aromatic heterocycles. The Morgan fingerprint density at radius 3 is 2.30 bits per heavy atom. The van der Waals surface area contributed by atoms with Crippen LogP contribution in [0, 0.1) is 0 Å². The Hall–Kier alpha value is -2.27. The fourth-order valence-electron chi connectivity index (χ4n) is 3.72. The highest BCUT2D eigenvalue weighted by Gasteiger charge is 2.33. The summed E-state index contributed by atoms with van der Waals surface area (Å²) in [5.74, 6) is 0.267. The first-order valence-corrected chi connectivity index (χ1v) is 10.4. The molecule has 4 rings (SSSR count). The third kappa shape index (κ3) is 3.74. The van der Waals surface area contributed by atoms with Gasteiger partial charge in [-0.15, -0.1) is 11.8 Å². The van der Waals surface area contributed by atoms with Crippen LogP contribution in [0.1, 0.15) is 28.4 Å². The Morgan fingerprint density at radius 2 is 1.63 bits per heavy atom. The molecule has 1 atom stereocenters. The fourth-order valence-corrected chi connectivity index (χ4v) is 5.00. The van der Waals surface area contributed by atoms with Gasteiger partial charge in [0.15, 0.2) is 0 Å². The minimum absolute atomic E-state index is 0.0220. The summed E-state index contributed by atoms with van der Waals surface area (Å²) >= 11 is 1.67. The monoisotopic (exact) mass is 380 g/mol. The van der Waals surface area contributed by atoms with Crippen LogP contribution in [0.3, 0.4) is 0 Å². The molecule has 2 heterocycles. The summed E-state index contributed by atoms with van der Waals surface area (Å²) in [6, 6.07) is 16.1. The topological polar surface area (TPSA) is 40.6 Å². The van der Waals surface area contributed by atoms with Crippen LogP contribution in [0.5, 0.6) is 0 Å². The summed E-state index contributed by atoms with van der Waals surface area (Å²) < 4.78 is 0. The van der Waals surface area contributed by atoms with Crippen LogP contribution in [-0.2, 0) is 17.6 Å². The number of hydrogen-bond acceptors (Lipinski definition) is 3. The zero-order chi connectivity index (χ0) is 18.8. The number of hydrogen-bond donors (Lipinski definition) is 0. The molecule has 2 aliphatic heterocycles. The number of aryl methyl sites for hydroxylation is 1. The van der Waals surface area contributed by atoms with E-state index in [1.165, 1.54) is 16.0 Å². The summed E-state index contributed by atoms with van der Waals surface area (Å²) in [5, 5.41) is -0.0220. The molecule has 4 nitrogen and oxygen atoms in total. The molecule has 0 radical (unpaired) electrons. The summed E-state index contributed by atoms with van der Waals surface area (Å²) in [5.41, 5.74) is 3.23. The predicted octanol–water partition coefficient (Wildman–Crippen LogP) is 3.25. The van der Waals surface area contributed by atoms with Crippen LogP contribution >= 0.6 is 11.8 Å². The normalized spacial score (nSPS) is 19.1. The van der Waals surface area contributed by atoms with Crippen molar-refractivity contribution in [3.8, 4) is 0 Å². The molecule has 0 aliphatic carbocycles. The van der Waals surface area contributed by atoms with Crippen LogP contribution < -0.4 is 0 Å². The van der Waals surface area contributed by atoms with E-state index in [1.807, 2.05) is 46.2 Å². The van der Waals surface area contributed by atoms with Crippen molar-refractivity contribution >= 4 is 23.6 Å². The predicted molar refractivity (Wildman–Crippen MR) is 108 cm³/mol. The Labute approximate surface area is 164 Å². The van der Waals surface area contributed by atoms with Crippen molar-refractivity contribution in [3.63, 3.8) is 0 Å². The van der Waals surface area contributed by atoms with Gasteiger partial charge in [-0.05, 0) is 42.2 Å². The first-order chi connectivity index (χ1) is 13.2. The number of fused-ring (bicyclic) bond motifs is 1. The minimum atomic E-state index is -0.0220. The molecule has 0 spiro atoms. The van der Waals surface area contributed by atoms with Crippen LogP contribution in [0.2, 0.25) is 0 Å². The molecular weight excluding hydrogens is 356 g/mol. The van der Waals surface area contributed by atoms with E-state index in [1.54, 1.807) is 11.8 Å². The smallest absolute Gasteiger partial charge is 0.253 e. The Bertz CT molecular complexity index is 817. The molecule has 140 valence electrons. The first kappa shape index (κ1) is 18.1. The van der Waals surface area contributed by atoms with Gasteiger partial charge < -0.3 is 9.80 Å². The van der Waals surface area contributed by atoms with Crippen LogP contribution in [0.25, 0.3) is 0 Å². The number of carbonyl (C=O) groups is 2. The second kappa shape index (κ2) is 7.77. The molecule has 0 bridgehead atoms. The highest BCUT2D eigenvalue weighted by Crippen LogP contribution is 2.37. The van der Waals surface area contributed by atoms with E-state index in [9.17, 15) is 9.59 Å². The highest BCUT2D eigenvalue weighted by atomic mass is 32.2. The van der Waals surface area contributed by atoms with E-state index >= 15 is 0 Å². The van der Waals surface area contributed by atoms with Gasteiger partial charge in [-0.1, -0.05) is 37.3 Å². The number of thioether (sulfide) groups is 1. The van der Waals surface area contributed by atoms with Crippen LogP contribution in [0.15, 0.2) is 53.4 Å². The van der Waals surface area contributed by atoms with Crippen molar-refractivity contribution in [2.45, 2.75) is 29.9 Å². The van der Waals surface area contributed by atoms with Gasteiger partial charge in [0.05, 0.1) is 5.25 Å². The molecular formula is C22H24N2O2S. The average molecular weight is 381 g/mol. The number of piperazine rings is 1. The maximum Gasteiger partial charge on any atom is 0.253 e. The zero-order valence-corrected chi connectivity index (χ0v) is 16.4.